The molecule has 3 nitrogen and oxygen atoms in total. The summed E-state index contributed by atoms with van der Waals surface area (Å²) < 4.78 is 5.21. The van der Waals surface area contributed by atoms with Gasteiger partial charge in [0.1, 0.15) is 0 Å². The van der Waals surface area contributed by atoms with Crippen LogP contribution in [0.2, 0.25) is 0 Å². The van der Waals surface area contributed by atoms with Gasteiger partial charge in [0.15, 0.2) is 0 Å². The predicted octanol–water partition coefficient (Wildman–Crippen LogP) is 2.22. The quantitative estimate of drug-likeness (QED) is 0.810. The van der Waals surface area contributed by atoms with E-state index in [4.69, 9.17) is 4.74 Å². The van der Waals surface area contributed by atoms with E-state index in [-0.39, 0.29) is 6.10 Å². The van der Waals surface area contributed by atoms with Crippen LogP contribution in [-0.4, -0.2) is 24.2 Å². The number of rotatable bonds is 6. The summed E-state index contributed by atoms with van der Waals surface area (Å²) in [5.41, 5.74) is 1.13. The third-order valence-corrected chi connectivity index (χ3v) is 3.08. The van der Waals surface area contributed by atoms with E-state index in [1.165, 1.54) is 0 Å². The fourth-order valence-corrected chi connectivity index (χ4v) is 2.07. The number of nitrogens with zero attached hydrogens (tertiary/aromatic N) is 1. The molecule has 1 aromatic heterocycles. The number of nitrogens with one attached hydrogen (secondary N) is 1. The Bertz CT molecular complexity index is 286. The molecular formula is C11H20N2OS. The second-order valence-corrected chi connectivity index (χ2v) is 4.96. The van der Waals surface area contributed by atoms with Gasteiger partial charge in [0.05, 0.1) is 16.8 Å². The van der Waals surface area contributed by atoms with Crippen molar-refractivity contribution in [2.24, 2.45) is 0 Å². The van der Waals surface area contributed by atoms with E-state index in [1.54, 1.807) is 18.4 Å². The summed E-state index contributed by atoms with van der Waals surface area (Å²) in [7, 11) is 1.74. The lowest BCUT2D eigenvalue weighted by molar-refractivity contribution is 0.118. The zero-order chi connectivity index (χ0) is 11.3. The molecule has 1 aromatic rings. The third-order valence-electron chi connectivity index (χ3n) is 2.16. The lowest BCUT2D eigenvalue weighted by Gasteiger charge is -2.06. The van der Waals surface area contributed by atoms with Gasteiger partial charge in [0.25, 0.3) is 0 Å². The molecule has 1 atom stereocenters. The first-order chi connectivity index (χ1) is 7.11. The highest BCUT2D eigenvalue weighted by atomic mass is 32.1. The molecule has 0 amide bonds. The van der Waals surface area contributed by atoms with Crippen LogP contribution < -0.4 is 5.32 Å². The molecule has 0 saturated heterocycles. The molecule has 1 N–H and O–H groups in total. The Morgan fingerprint density at radius 2 is 2.20 bits per heavy atom. The fourth-order valence-electron chi connectivity index (χ4n) is 1.16. The summed E-state index contributed by atoms with van der Waals surface area (Å²) in [6.07, 6.45) is 1.16. The van der Waals surface area contributed by atoms with Crippen molar-refractivity contribution in [3.63, 3.8) is 0 Å². The highest BCUT2D eigenvalue weighted by Crippen LogP contribution is 2.12. The van der Waals surface area contributed by atoms with Gasteiger partial charge < -0.3 is 10.1 Å². The summed E-state index contributed by atoms with van der Waals surface area (Å²) >= 11 is 1.71. The maximum absolute atomic E-state index is 5.21. The van der Waals surface area contributed by atoms with E-state index in [9.17, 15) is 0 Å². The van der Waals surface area contributed by atoms with Gasteiger partial charge in [0, 0.05) is 31.5 Å². The third kappa shape index (κ3) is 4.73. The van der Waals surface area contributed by atoms with Crippen LogP contribution in [0.5, 0.6) is 0 Å². The molecule has 1 heterocycles. The van der Waals surface area contributed by atoms with Crippen LogP contribution in [0.1, 0.15) is 31.5 Å². The van der Waals surface area contributed by atoms with Gasteiger partial charge in [-0.15, -0.1) is 11.3 Å². The molecule has 0 saturated carbocycles. The van der Waals surface area contributed by atoms with E-state index in [0.717, 1.165) is 23.7 Å². The summed E-state index contributed by atoms with van der Waals surface area (Å²) in [6.45, 7) is 7.20. The van der Waals surface area contributed by atoms with Gasteiger partial charge in [-0.1, -0.05) is 13.8 Å². The molecule has 1 unspecified atom stereocenters. The molecule has 1 rings (SSSR count). The monoisotopic (exact) mass is 228 g/mol. The molecular weight excluding hydrogens is 208 g/mol. The lowest BCUT2D eigenvalue weighted by atomic mass is 10.3. The Balaban J connectivity index is 2.42. The van der Waals surface area contributed by atoms with Crippen molar-refractivity contribution in [2.45, 2.75) is 45.9 Å². The van der Waals surface area contributed by atoms with E-state index in [2.05, 4.69) is 36.5 Å². The van der Waals surface area contributed by atoms with Crippen LogP contribution in [0.25, 0.3) is 0 Å². The number of ether oxygens (including phenoxy) is 1. The van der Waals surface area contributed by atoms with E-state index >= 15 is 0 Å². The number of aromatic nitrogens is 1. The summed E-state index contributed by atoms with van der Waals surface area (Å²) in [6, 6.07) is 0.507. The molecule has 0 radical (unpaired) electrons. The molecule has 4 heteroatoms. The van der Waals surface area contributed by atoms with Crippen LogP contribution in [0.15, 0.2) is 5.38 Å². The minimum absolute atomic E-state index is 0.252. The average Bonchev–Trinajstić information content (AvgIpc) is 2.62. The zero-order valence-corrected chi connectivity index (χ0v) is 10.7. The normalized spacial score (nSPS) is 13.4. The first-order valence-electron chi connectivity index (χ1n) is 5.31. The Labute approximate surface area is 95.9 Å². The van der Waals surface area contributed by atoms with Crippen molar-refractivity contribution in [3.8, 4) is 0 Å². The lowest BCUT2D eigenvalue weighted by Crippen LogP contribution is -2.22. The minimum Gasteiger partial charge on any atom is -0.381 e. The highest BCUT2D eigenvalue weighted by molar-refractivity contribution is 7.09. The standard InChI is InChI=1S/C11H20N2OS/c1-8(2)12-6-10-7-15-11(13-10)5-9(3)14-4/h7-9,12H,5-6H2,1-4H3. The van der Waals surface area contributed by atoms with Gasteiger partial charge in [-0.25, -0.2) is 4.98 Å². The number of hydrogen-bond acceptors (Lipinski definition) is 4. The fraction of sp³-hybridized carbons (Fsp3) is 0.727. The molecule has 0 spiro atoms. The molecule has 0 aromatic carbocycles. The first-order valence-corrected chi connectivity index (χ1v) is 6.19. The SMILES string of the molecule is COC(C)Cc1nc(CNC(C)C)cs1. The number of thiazole rings is 1. The minimum atomic E-state index is 0.252. The Hall–Kier alpha value is -0.450. The Morgan fingerprint density at radius 3 is 2.80 bits per heavy atom. The van der Waals surface area contributed by atoms with Crippen LogP contribution in [0.3, 0.4) is 0 Å². The van der Waals surface area contributed by atoms with Crippen molar-refractivity contribution < 1.29 is 4.74 Å². The summed E-state index contributed by atoms with van der Waals surface area (Å²) in [5.74, 6) is 0. The van der Waals surface area contributed by atoms with Crippen molar-refractivity contribution in [1.29, 1.82) is 0 Å². The topological polar surface area (TPSA) is 34.1 Å². The molecule has 0 bridgehead atoms. The Morgan fingerprint density at radius 1 is 1.47 bits per heavy atom. The number of methoxy groups -OCH3 is 1. The second-order valence-electron chi connectivity index (χ2n) is 4.02. The van der Waals surface area contributed by atoms with Gasteiger partial charge in [-0.2, -0.15) is 0 Å². The van der Waals surface area contributed by atoms with Crippen molar-refractivity contribution >= 4 is 11.3 Å². The first kappa shape index (κ1) is 12.6. The predicted molar refractivity (Wildman–Crippen MR) is 64.3 cm³/mol. The maximum atomic E-state index is 5.21. The van der Waals surface area contributed by atoms with Crippen LogP contribution >= 0.6 is 11.3 Å². The zero-order valence-electron chi connectivity index (χ0n) is 9.91. The summed E-state index contributed by atoms with van der Waals surface area (Å²) in [5, 5.41) is 6.63. The molecule has 15 heavy (non-hydrogen) atoms. The molecule has 0 aliphatic carbocycles. The van der Waals surface area contributed by atoms with Gasteiger partial charge in [-0.05, 0) is 6.92 Å². The largest absolute Gasteiger partial charge is 0.381 e. The molecule has 0 aliphatic heterocycles. The van der Waals surface area contributed by atoms with Crippen molar-refractivity contribution in [3.05, 3.63) is 16.1 Å². The van der Waals surface area contributed by atoms with E-state index < -0.39 is 0 Å². The second kappa shape index (κ2) is 6.20. The van der Waals surface area contributed by atoms with Gasteiger partial charge in [0.2, 0.25) is 0 Å². The smallest absolute Gasteiger partial charge is 0.0954 e. The number of hydrogen-bond donors (Lipinski definition) is 1. The van der Waals surface area contributed by atoms with E-state index in [1.807, 2.05) is 0 Å². The van der Waals surface area contributed by atoms with Crippen molar-refractivity contribution in [1.82, 2.24) is 10.3 Å². The van der Waals surface area contributed by atoms with Crippen LogP contribution in [-0.2, 0) is 17.7 Å². The Kier molecular flexibility index (Phi) is 5.22. The highest BCUT2D eigenvalue weighted by Gasteiger charge is 2.06. The van der Waals surface area contributed by atoms with Crippen LogP contribution in [0.4, 0.5) is 0 Å². The van der Waals surface area contributed by atoms with Crippen molar-refractivity contribution in [2.75, 3.05) is 7.11 Å². The average molecular weight is 228 g/mol. The molecule has 0 aliphatic rings. The van der Waals surface area contributed by atoms with Crippen LogP contribution in [0, 0.1) is 0 Å². The van der Waals surface area contributed by atoms with Gasteiger partial charge in [-0.3, -0.25) is 0 Å². The summed E-state index contributed by atoms with van der Waals surface area (Å²) in [4.78, 5) is 4.55. The molecule has 86 valence electrons. The molecule has 0 fully saturated rings. The van der Waals surface area contributed by atoms with E-state index in [0.29, 0.717) is 6.04 Å². The maximum Gasteiger partial charge on any atom is 0.0954 e. The van der Waals surface area contributed by atoms with Gasteiger partial charge >= 0.3 is 0 Å².